The van der Waals surface area contributed by atoms with E-state index in [0.29, 0.717) is 18.5 Å². The van der Waals surface area contributed by atoms with Gasteiger partial charge in [0.05, 0.1) is 10.6 Å². The van der Waals surface area contributed by atoms with Gasteiger partial charge in [-0.2, -0.15) is 0 Å². The number of benzene rings is 2. The van der Waals surface area contributed by atoms with Gasteiger partial charge in [-0.05, 0) is 55.2 Å². The Balaban J connectivity index is 2.09. The fraction of sp³-hybridized carbons (Fsp3) is 0.278. The van der Waals surface area contributed by atoms with Crippen LogP contribution in [0.4, 0.5) is 10.1 Å². The summed E-state index contributed by atoms with van der Waals surface area (Å²) >= 11 is 0. The van der Waals surface area contributed by atoms with Crippen LogP contribution in [-0.2, 0) is 21.2 Å². The third-order valence-corrected chi connectivity index (χ3v) is 6.08. The molecule has 0 aliphatic carbocycles. The molecular weight excluding hydrogens is 345 g/mol. The summed E-state index contributed by atoms with van der Waals surface area (Å²) in [5.74, 6) is -0.504. The largest absolute Gasteiger partial charge is 0.843 e. The Bertz CT molecular complexity index is 898. The Labute approximate surface area is 145 Å². The first-order valence-electron chi connectivity index (χ1n) is 7.96. The zero-order chi connectivity index (χ0) is 18.0. The molecule has 25 heavy (non-hydrogen) atoms. The molecule has 0 radical (unpaired) electrons. The minimum absolute atomic E-state index is 0.0789. The van der Waals surface area contributed by atoms with Gasteiger partial charge in [0.15, 0.2) is 0 Å². The maximum absolute atomic E-state index is 13.7. The van der Waals surface area contributed by atoms with Crippen molar-refractivity contribution in [3.63, 3.8) is 0 Å². The van der Waals surface area contributed by atoms with Crippen molar-refractivity contribution in [3.8, 4) is 0 Å². The van der Waals surface area contributed by atoms with Gasteiger partial charge in [-0.25, -0.2) is 12.8 Å². The fourth-order valence-electron chi connectivity index (χ4n) is 2.98. The van der Waals surface area contributed by atoms with Gasteiger partial charge < -0.3 is 9.90 Å². The van der Waals surface area contributed by atoms with Crippen LogP contribution < -0.4 is 9.41 Å². The monoisotopic (exact) mass is 362 g/mol. The molecule has 0 aromatic heterocycles. The number of carbonyl (C=O) groups excluding carboxylic acids is 1. The van der Waals surface area contributed by atoms with E-state index in [1.54, 1.807) is 6.07 Å². The molecule has 1 unspecified atom stereocenters. The second kappa shape index (κ2) is 6.93. The van der Waals surface area contributed by atoms with Crippen molar-refractivity contribution < 1.29 is 22.7 Å². The van der Waals surface area contributed by atoms with E-state index in [1.807, 2.05) is 0 Å². The SMILES string of the molecule is O=CC([O-])c1cccc(S(=O)(=O)N2CCCCc3ccc(F)cc32)c1. The van der Waals surface area contributed by atoms with Crippen LogP contribution in [0.1, 0.15) is 30.1 Å². The predicted octanol–water partition coefficient (Wildman–Crippen LogP) is 1.96. The van der Waals surface area contributed by atoms with Crippen molar-refractivity contribution in [1.82, 2.24) is 0 Å². The lowest BCUT2D eigenvalue weighted by atomic mass is 10.1. The van der Waals surface area contributed by atoms with E-state index in [9.17, 15) is 22.7 Å². The second-order valence-electron chi connectivity index (χ2n) is 5.94. The summed E-state index contributed by atoms with van der Waals surface area (Å²) in [6, 6.07) is 9.59. The molecule has 2 aromatic rings. The van der Waals surface area contributed by atoms with Crippen LogP contribution in [-0.4, -0.2) is 21.2 Å². The Kier molecular flexibility index (Phi) is 4.87. The van der Waals surface area contributed by atoms with Gasteiger partial charge in [-0.1, -0.05) is 23.8 Å². The smallest absolute Gasteiger partial charge is 0.264 e. The predicted molar refractivity (Wildman–Crippen MR) is 89.1 cm³/mol. The quantitative estimate of drug-likeness (QED) is 0.779. The summed E-state index contributed by atoms with van der Waals surface area (Å²) < 4.78 is 41.1. The highest BCUT2D eigenvalue weighted by Gasteiger charge is 2.28. The number of sulfonamides is 1. The van der Waals surface area contributed by atoms with Gasteiger partial charge in [-0.3, -0.25) is 4.31 Å². The molecule has 0 spiro atoms. The summed E-state index contributed by atoms with van der Waals surface area (Å²) in [5.41, 5.74) is 1.19. The molecular formula is C18H17FNO4S-. The second-order valence-corrected chi connectivity index (χ2v) is 7.80. The van der Waals surface area contributed by atoms with Crippen molar-refractivity contribution >= 4 is 22.0 Å². The van der Waals surface area contributed by atoms with Crippen molar-refractivity contribution in [1.29, 1.82) is 0 Å². The molecule has 1 heterocycles. The van der Waals surface area contributed by atoms with Gasteiger partial charge in [0.2, 0.25) is 0 Å². The van der Waals surface area contributed by atoms with E-state index in [2.05, 4.69) is 0 Å². The van der Waals surface area contributed by atoms with Crippen LogP contribution >= 0.6 is 0 Å². The van der Waals surface area contributed by atoms with Gasteiger partial charge in [-0.15, -0.1) is 0 Å². The van der Waals surface area contributed by atoms with Crippen molar-refractivity contribution in [2.75, 3.05) is 10.8 Å². The molecule has 5 nitrogen and oxygen atoms in total. The van der Waals surface area contributed by atoms with Crippen LogP contribution in [0.5, 0.6) is 0 Å². The van der Waals surface area contributed by atoms with Crippen molar-refractivity contribution in [2.24, 2.45) is 0 Å². The van der Waals surface area contributed by atoms with E-state index in [4.69, 9.17) is 0 Å². The molecule has 132 valence electrons. The number of anilines is 1. The van der Waals surface area contributed by atoms with Gasteiger partial charge in [0, 0.05) is 6.54 Å². The number of nitrogens with zero attached hydrogens (tertiary/aromatic N) is 1. The molecule has 0 fully saturated rings. The highest BCUT2D eigenvalue weighted by Crippen LogP contribution is 2.32. The molecule has 1 aliphatic rings. The third kappa shape index (κ3) is 3.43. The average Bonchev–Trinajstić information content (AvgIpc) is 2.83. The zero-order valence-corrected chi connectivity index (χ0v) is 14.2. The number of aryl methyl sites for hydroxylation is 1. The van der Waals surface area contributed by atoms with Crippen LogP contribution in [0.25, 0.3) is 0 Å². The molecule has 0 bridgehead atoms. The number of hydrogen-bond acceptors (Lipinski definition) is 4. The van der Waals surface area contributed by atoms with Crippen molar-refractivity contribution in [3.05, 3.63) is 59.4 Å². The zero-order valence-electron chi connectivity index (χ0n) is 13.4. The van der Waals surface area contributed by atoms with Gasteiger partial charge in [0.25, 0.3) is 10.0 Å². The van der Waals surface area contributed by atoms with E-state index >= 15 is 0 Å². The normalized spacial score (nSPS) is 16.0. The minimum atomic E-state index is -3.97. The Hall–Kier alpha value is -2.25. The molecule has 0 amide bonds. The Morgan fingerprint density at radius 3 is 2.72 bits per heavy atom. The summed E-state index contributed by atoms with van der Waals surface area (Å²) in [4.78, 5) is 10.6. The number of rotatable bonds is 4. The Morgan fingerprint density at radius 1 is 1.16 bits per heavy atom. The molecule has 7 heteroatoms. The fourth-order valence-corrected chi connectivity index (χ4v) is 4.57. The highest BCUT2D eigenvalue weighted by molar-refractivity contribution is 7.92. The Morgan fingerprint density at radius 2 is 1.96 bits per heavy atom. The summed E-state index contributed by atoms with van der Waals surface area (Å²) in [6.45, 7) is 0.234. The molecule has 1 aliphatic heterocycles. The standard InChI is InChI=1S/C18H17FNO4S/c19-15-8-7-13-4-1-2-9-20(17(13)11-15)25(23,24)16-6-3-5-14(10-16)18(22)12-21/h3,5-8,10-12,18H,1-2,4,9H2/q-1. The van der Waals surface area contributed by atoms with E-state index in [1.165, 1.54) is 40.7 Å². The lowest BCUT2D eigenvalue weighted by Crippen LogP contribution is -2.32. The number of hydrogen-bond donors (Lipinski definition) is 0. The van der Waals surface area contributed by atoms with E-state index in [0.717, 1.165) is 12.0 Å². The first-order valence-corrected chi connectivity index (χ1v) is 9.40. The topological polar surface area (TPSA) is 77.5 Å². The minimum Gasteiger partial charge on any atom is -0.843 e. The maximum Gasteiger partial charge on any atom is 0.264 e. The first-order chi connectivity index (χ1) is 11.9. The van der Waals surface area contributed by atoms with Crippen LogP contribution in [0.3, 0.4) is 0 Å². The average molecular weight is 362 g/mol. The maximum atomic E-state index is 13.7. The van der Waals surface area contributed by atoms with Gasteiger partial charge in [0.1, 0.15) is 12.1 Å². The van der Waals surface area contributed by atoms with Crippen LogP contribution in [0.15, 0.2) is 47.4 Å². The first kappa shape index (κ1) is 17.6. The molecule has 0 saturated carbocycles. The summed E-state index contributed by atoms with van der Waals surface area (Å²) in [6.07, 6.45) is 0.716. The van der Waals surface area contributed by atoms with Crippen molar-refractivity contribution in [2.45, 2.75) is 30.3 Å². The lowest BCUT2D eigenvalue weighted by Gasteiger charge is -2.25. The number of halogens is 1. The number of carbonyl (C=O) groups is 1. The van der Waals surface area contributed by atoms with Crippen LogP contribution in [0, 0.1) is 5.82 Å². The molecule has 2 aromatic carbocycles. The van der Waals surface area contributed by atoms with Gasteiger partial charge >= 0.3 is 0 Å². The van der Waals surface area contributed by atoms with E-state index < -0.39 is 21.9 Å². The molecule has 3 rings (SSSR count). The molecule has 1 atom stereocenters. The molecule has 0 N–H and O–H groups in total. The van der Waals surface area contributed by atoms with Crippen LogP contribution in [0.2, 0.25) is 0 Å². The summed E-state index contributed by atoms with van der Waals surface area (Å²) in [5, 5.41) is 11.6. The third-order valence-electron chi connectivity index (χ3n) is 4.27. The number of fused-ring (bicyclic) bond motifs is 1. The molecule has 0 saturated heterocycles. The van der Waals surface area contributed by atoms with E-state index in [-0.39, 0.29) is 23.3 Å². The number of aldehydes is 1. The summed E-state index contributed by atoms with van der Waals surface area (Å²) in [7, 11) is -3.97. The highest BCUT2D eigenvalue weighted by atomic mass is 32.2. The lowest BCUT2D eigenvalue weighted by molar-refractivity contribution is -0.405.